The molecular weight excluding hydrogens is 272 g/mol. The molecule has 1 N–H and O–H groups in total. The van der Waals surface area contributed by atoms with Gasteiger partial charge in [0.05, 0.1) is 17.6 Å². The number of nitrogens with one attached hydrogen (secondary N) is 1. The lowest BCUT2D eigenvalue weighted by molar-refractivity contribution is -0.384. The van der Waals surface area contributed by atoms with Crippen LogP contribution in [-0.2, 0) is 17.6 Å². The molecule has 1 aromatic heterocycles. The van der Waals surface area contributed by atoms with Crippen LogP contribution in [0.25, 0.3) is 0 Å². The fourth-order valence-corrected chi connectivity index (χ4v) is 2.03. The van der Waals surface area contributed by atoms with Crippen molar-refractivity contribution in [3.05, 3.63) is 64.1 Å². The molecular formula is C15H16N2O4. The Morgan fingerprint density at radius 1 is 1.33 bits per heavy atom. The van der Waals surface area contributed by atoms with E-state index >= 15 is 0 Å². The molecule has 0 saturated carbocycles. The Bertz CT molecular complexity index is 605. The molecule has 0 spiro atoms. The number of furan rings is 1. The number of nitrogens with zero attached hydrogens (tertiary/aromatic N) is 1. The number of hydrogen-bond donors (Lipinski definition) is 1. The lowest BCUT2D eigenvalue weighted by atomic mass is 10.1. The van der Waals surface area contributed by atoms with Crippen LogP contribution in [0.15, 0.2) is 47.1 Å². The third kappa shape index (κ3) is 4.45. The summed E-state index contributed by atoms with van der Waals surface area (Å²) in [5.74, 6) is 0.695. The smallest absolute Gasteiger partial charge is 0.269 e. The Balaban J connectivity index is 1.84. The van der Waals surface area contributed by atoms with Gasteiger partial charge in [-0.05, 0) is 24.6 Å². The van der Waals surface area contributed by atoms with Crippen LogP contribution in [0.3, 0.4) is 0 Å². The number of benzene rings is 1. The third-order valence-corrected chi connectivity index (χ3v) is 3.01. The van der Waals surface area contributed by atoms with Gasteiger partial charge in [0.2, 0.25) is 5.91 Å². The highest BCUT2D eigenvalue weighted by molar-refractivity contribution is 5.78. The van der Waals surface area contributed by atoms with Crippen LogP contribution in [0.5, 0.6) is 0 Å². The molecule has 0 unspecified atom stereocenters. The van der Waals surface area contributed by atoms with Gasteiger partial charge in [-0.15, -0.1) is 0 Å². The van der Waals surface area contributed by atoms with Crippen LogP contribution in [0.4, 0.5) is 5.69 Å². The fourth-order valence-electron chi connectivity index (χ4n) is 2.03. The molecule has 1 amide bonds. The van der Waals surface area contributed by atoms with Crippen molar-refractivity contribution in [3.63, 3.8) is 0 Å². The largest absolute Gasteiger partial charge is 0.469 e. The van der Waals surface area contributed by atoms with Crippen LogP contribution in [0, 0.1) is 10.1 Å². The van der Waals surface area contributed by atoms with E-state index in [1.165, 1.54) is 12.1 Å². The molecule has 6 heteroatoms. The average molecular weight is 288 g/mol. The molecule has 0 saturated heterocycles. The van der Waals surface area contributed by atoms with Crippen molar-refractivity contribution in [1.82, 2.24) is 5.32 Å². The molecule has 1 atom stereocenters. The summed E-state index contributed by atoms with van der Waals surface area (Å²) in [4.78, 5) is 22.0. The summed E-state index contributed by atoms with van der Waals surface area (Å²) >= 11 is 0. The number of carbonyl (C=O) groups excluding carboxylic acids is 1. The highest BCUT2D eigenvalue weighted by Crippen LogP contribution is 2.12. The Morgan fingerprint density at radius 2 is 2.05 bits per heavy atom. The van der Waals surface area contributed by atoms with Crippen molar-refractivity contribution < 1.29 is 14.1 Å². The van der Waals surface area contributed by atoms with E-state index in [1.807, 2.05) is 13.0 Å². The minimum atomic E-state index is -0.463. The van der Waals surface area contributed by atoms with Gasteiger partial charge < -0.3 is 9.73 Å². The minimum Gasteiger partial charge on any atom is -0.469 e. The van der Waals surface area contributed by atoms with Crippen molar-refractivity contribution in [1.29, 1.82) is 0 Å². The van der Waals surface area contributed by atoms with E-state index in [0.29, 0.717) is 6.42 Å². The summed E-state index contributed by atoms with van der Waals surface area (Å²) in [6.45, 7) is 1.90. The van der Waals surface area contributed by atoms with Crippen LogP contribution in [-0.4, -0.2) is 16.9 Å². The number of rotatable bonds is 6. The van der Waals surface area contributed by atoms with Crippen LogP contribution in [0.2, 0.25) is 0 Å². The number of nitro groups is 1. The molecule has 1 aromatic carbocycles. The van der Waals surface area contributed by atoms with Gasteiger partial charge in [0, 0.05) is 24.6 Å². The van der Waals surface area contributed by atoms with E-state index < -0.39 is 4.92 Å². The molecule has 0 aliphatic rings. The first-order chi connectivity index (χ1) is 10.0. The maximum Gasteiger partial charge on any atom is 0.269 e. The van der Waals surface area contributed by atoms with Crippen LogP contribution >= 0.6 is 0 Å². The van der Waals surface area contributed by atoms with Gasteiger partial charge >= 0.3 is 0 Å². The maximum absolute atomic E-state index is 11.9. The predicted octanol–water partition coefficient (Wildman–Crippen LogP) is 2.48. The van der Waals surface area contributed by atoms with Gasteiger partial charge in [0.25, 0.3) is 5.69 Å². The second-order valence-electron chi connectivity index (χ2n) is 4.85. The molecule has 0 radical (unpaired) electrons. The topological polar surface area (TPSA) is 85.4 Å². The second-order valence-corrected chi connectivity index (χ2v) is 4.85. The zero-order valence-corrected chi connectivity index (χ0v) is 11.6. The van der Waals surface area contributed by atoms with Gasteiger partial charge in [-0.3, -0.25) is 14.9 Å². The SMILES string of the molecule is C[C@H](Cc1ccco1)NC(=O)Cc1ccc([N+](=O)[O-])cc1. The number of non-ortho nitro benzene ring substituents is 1. The molecule has 2 rings (SSSR count). The molecule has 0 bridgehead atoms. The summed E-state index contributed by atoms with van der Waals surface area (Å²) in [5.41, 5.74) is 0.758. The monoisotopic (exact) mass is 288 g/mol. The molecule has 0 aliphatic heterocycles. The molecule has 6 nitrogen and oxygen atoms in total. The highest BCUT2D eigenvalue weighted by atomic mass is 16.6. The van der Waals surface area contributed by atoms with E-state index in [9.17, 15) is 14.9 Å². The van der Waals surface area contributed by atoms with Crippen molar-refractivity contribution >= 4 is 11.6 Å². The molecule has 2 aromatic rings. The summed E-state index contributed by atoms with van der Waals surface area (Å²) < 4.78 is 5.22. The first kappa shape index (κ1) is 14.8. The summed E-state index contributed by atoms with van der Waals surface area (Å²) in [6.07, 6.45) is 2.42. The normalized spacial score (nSPS) is 11.9. The lowest BCUT2D eigenvalue weighted by Crippen LogP contribution is -2.35. The van der Waals surface area contributed by atoms with Gasteiger partial charge in [-0.1, -0.05) is 12.1 Å². The molecule has 110 valence electrons. The van der Waals surface area contributed by atoms with Crippen LogP contribution in [0.1, 0.15) is 18.2 Å². The van der Waals surface area contributed by atoms with E-state index in [0.717, 1.165) is 11.3 Å². The van der Waals surface area contributed by atoms with E-state index in [2.05, 4.69) is 5.32 Å². The fraction of sp³-hybridized carbons (Fsp3) is 0.267. The summed E-state index contributed by atoms with van der Waals surface area (Å²) in [7, 11) is 0. The number of carbonyl (C=O) groups is 1. The number of amides is 1. The maximum atomic E-state index is 11.9. The summed E-state index contributed by atoms with van der Waals surface area (Å²) in [6, 6.07) is 9.61. The Morgan fingerprint density at radius 3 is 2.62 bits per heavy atom. The molecule has 0 aliphatic carbocycles. The zero-order chi connectivity index (χ0) is 15.2. The molecule has 0 fully saturated rings. The molecule has 1 heterocycles. The summed E-state index contributed by atoms with van der Waals surface area (Å²) in [5, 5.41) is 13.4. The van der Waals surface area contributed by atoms with Crippen molar-refractivity contribution in [2.24, 2.45) is 0 Å². The minimum absolute atomic E-state index is 0.0188. The number of nitro benzene ring substituents is 1. The number of hydrogen-bond acceptors (Lipinski definition) is 4. The van der Waals surface area contributed by atoms with Crippen molar-refractivity contribution in [2.75, 3.05) is 0 Å². The van der Waals surface area contributed by atoms with Crippen molar-refractivity contribution in [3.8, 4) is 0 Å². The first-order valence-electron chi connectivity index (χ1n) is 6.59. The quantitative estimate of drug-likeness (QED) is 0.653. The third-order valence-electron chi connectivity index (χ3n) is 3.01. The Hall–Kier alpha value is -2.63. The second kappa shape index (κ2) is 6.69. The van der Waals surface area contributed by atoms with Gasteiger partial charge in [-0.25, -0.2) is 0 Å². The van der Waals surface area contributed by atoms with E-state index in [1.54, 1.807) is 24.5 Å². The standard InChI is InChI=1S/C15H16N2O4/c1-11(9-14-3-2-8-21-14)16-15(18)10-12-4-6-13(7-5-12)17(19)20/h2-8,11H,9-10H2,1H3,(H,16,18)/t11-/m1/s1. The van der Waals surface area contributed by atoms with Crippen LogP contribution < -0.4 is 5.32 Å². The van der Waals surface area contributed by atoms with E-state index in [4.69, 9.17) is 4.42 Å². The average Bonchev–Trinajstić information content (AvgIpc) is 2.91. The highest BCUT2D eigenvalue weighted by Gasteiger charge is 2.11. The first-order valence-corrected chi connectivity index (χ1v) is 6.59. The lowest BCUT2D eigenvalue weighted by Gasteiger charge is -2.12. The van der Waals surface area contributed by atoms with Crippen molar-refractivity contribution in [2.45, 2.75) is 25.8 Å². The van der Waals surface area contributed by atoms with E-state index in [-0.39, 0.29) is 24.1 Å². The van der Waals surface area contributed by atoms with Gasteiger partial charge in [-0.2, -0.15) is 0 Å². The Kier molecular flexibility index (Phi) is 4.71. The van der Waals surface area contributed by atoms with Gasteiger partial charge in [0.15, 0.2) is 0 Å². The van der Waals surface area contributed by atoms with Gasteiger partial charge in [0.1, 0.15) is 5.76 Å². The predicted molar refractivity (Wildman–Crippen MR) is 76.8 cm³/mol. The zero-order valence-electron chi connectivity index (χ0n) is 11.6. The molecule has 21 heavy (non-hydrogen) atoms. The Labute approximate surface area is 121 Å².